The van der Waals surface area contributed by atoms with Crippen LogP contribution in [0.3, 0.4) is 0 Å². The van der Waals surface area contributed by atoms with Crippen molar-refractivity contribution in [3.8, 4) is 0 Å². The number of hydrogen-bond acceptors (Lipinski definition) is 2. The maximum atomic E-state index is 6.35. The lowest BCUT2D eigenvalue weighted by atomic mass is 9.87. The van der Waals surface area contributed by atoms with Gasteiger partial charge in [-0.05, 0) is 35.8 Å². The highest BCUT2D eigenvalue weighted by Gasteiger charge is 2.45. The van der Waals surface area contributed by atoms with Crippen LogP contribution in [0.1, 0.15) is 30.9 Å². The molecule has 3 aromatic carbocycles. The monoisotopic (exact) mass is 472 g/mol. The van der Waals surface area contributed by atoms with Crippen molar-refractivity contribution in [2.24, 2.45) is 17.3 Å². The molecule has 1 saturated carbocycles. The van der Waals surface area contributed by atoms with Gasteiger partial charge in [0.15, 0.2) is 0 Å². The summed E-state index contributed by atoms with van der Waals surface area (Å²) < 4.78 is 12.7. The van der Waals surface area contributed by atoms with Crippen molar-refractivity contribution in [1.82, 2.24) is 0 Å². The van der Waals surface area contributed by atoms with Crippen molar-refractivity contribution >= 4 is 13.3 Å². The lowest BCUT2D eigenvalue weighted by molar-refractivity contribution is -0.0325. The molecule has 0 radical (unpaired) electrons. The van der Waals surface area contributed by atoms with E-state index in [9.17, 15) is 0 Å². The molecule has 2 nitrogen and oxygen atoms in total. The molecule has 1 aliphatic rings. The number of benzene rings is 3. The third-order valence-electron chi connectivity index (χ3n) is 7.62. The van der Waals surface area contributed by atoms with Crippen LogP contribution in [0.15, 0.2) is 91.0 Å². The van der Waals surface area contributed by atoms with Gasteiger partial charge < -0.3 is 9.47 Å². The highest BCUT2D eigenvalue weighted by Crippen LogP contribution is 2.49. The van der Waals surface area contributed by atoms with E-state index in [2.05, 4.69) is 111 Å². The molecule has 4 rings (SSSR count). The molecule has 0 saturated heterocycles. The summed E-state index contributed by atoms with van der Waals surface area (Å²) in [6, 6.07) is 33.6. The molecule has 0 unspecified atom stereocenters. The van der Waals surface area contributed by atoms with E-state index in [4.69, 9.17) is 9.47 Å². The molecule has 0 aliphatic heterocycles. The van der Waals surface area contributed by atoms with Crippen LogP contribution < -0.4 is 5.19 Å². The van der Waals surface area contributed by atoms with E-state index in [1.54, 1.807) is 5.19 Å². The molecule has 0 aromatic heterocycles. The molecule has 0 bridgehead atoms. The van der Waals surface area contributed by atoms with Gasteiger partial charge >= 0.3 is 0 Å². The van der Waals surface area contributed by atoms with Gasteiger partial charge in [-0.25, -0.2) is 0 Å². The Morgan fingerprint density at radius 2 is 1.18 bits per heavy atom. The van der Waals surface area contributed by atoms with Gasteiger partial charge in [-0.2, -0.15) is 0 Å². The molecule has 0 N–H and O–H groups in total. The largest absolute Gasteiger partial charge is 0.376 e. The zero-order valence-electron chi connectivity index (χ0n) is 21.1. The van der Waals surface area contributed by atoms with Crippen LogP contribution in [-0.4, -0.2) is 21.3 Å². The predicted molar refractivity (Wildman–Crippen MR) is 145 cm³/mol. The van der Waals surface area contributed by atoms with E-state index in [0.717, 1.165) is 19.1 Å². The summed E-state index contributed by atoms with van der Waals surface area (Å²) in [6.45, 7) is 10.4. The maximum Gasteiger partial charge on any atom is 0.0809 e. The van der Waals surface area contributed by atoms with Crippen LogP contribution in [0.4, 0.5) is 0 Å². The van der Waals surface area contributed by atoms with E-state index in [0.29, 0.717) is 19.1 Å². The molecule has 3 aromatic rings. The maximum absolute atomic E-state index is 6.35. The lowest BCUT2D eigenvalue weighted by Crippen LogP contribution is -2.43. The van der Waals surface area contributed by atoms with Gasteiger partial charge in [0.25, 0.3) is 0 Å². The Kier molecular flexibility index (Phi) is 8.41. The van der Waals surface area contributed by atoms with Crippen molar-refractivity contribution < 1.29 is 9.47 Å². The lowest BCUT2D eigenvalue weighted by Gasteiger charge is -2.31. The molecule has 1 fully saturated rings. The van der Waals surface area contributed by atoms with Gasteiger partial charge in [0.2, 0.25) is 0 Å². The summed E-state index contributed by atoms with van der Waals surface area (Å²) in [4.78, 5) is 0. The standard InChI is InChI=1S/C31H40O2Si/c1-26-19-31(24-32-21-27-13-7-4-8-14-27,25-33-22-28-15-9-5-10-16-28)20-29(26)23-34(2,3)30-17-11-6-12-18-30/h4-18,26,29H,19-25H2,1-3H3/t26-,29+/m1/s1. The molecule has 1 aliphatic carbocycles. The van der Waals surface area contributed by atoms with Crippen molar-refractivity contribution in [3.63, 3.8) is 0 Å². The second-order valence-electron chi connectivity index (χ2n) is 11.1. The first-order valence-electron chi connectivity index (χ1n) is 12.7. The van der Waals surface area contributed by atoms with Crippen LogP contribution in [-0.2, 0) is 22.7 Å². The van der Waals surface area contributed by atoms with Crippen LogP contribution in [0, 0.1) is 17.3 Å². The smallest absolute Gasteiger partial charge is 0.0809 e. The van der Waals surface area contributed by atoms with Crippen LogP contribution in [0.2, 0.25) is 19.1 Å². The molecule has 34 heavy (non-hydrogen) atoms. The molecular weight excluding hydrogens is 432 g/mol. The van der Waals surface area contributed by atoms with Gasteiger partial charge in [-0.3, -0.25) is 0 Å². The van der Waals surface area contributed by atoms with E-state index >= 15 is 0 Å². The fraction of sp³-hybridized carbons (Fsp3) is 0.419. The van der Waals surface area contributed by atoms with E-state index in [1.165, 1.54) is 30.0 Å². The minimum atomic E-state index is -1.50. The molecule has 3 heteroatoms. The Morgan fingerprint density at radius 3 is 1.68 bits per heavy atom. The van der Waals surface area contributed by atoms with Crippen molar-refractivity contribution in [2.75, 3.05) is 13.2 Å². The normalized spacial score (nSPS) is 19.9. The van der Waals surface area contributed by atoms with Gasteiger partial charge in [0.1, 0.15) is 0 Å². The summed E-state index contributed by atoms with van der Waals surface area (Å²) in [5, 5.41) is 1.57. The quantitative estimate of drug-likeness (QED) is 0.278. The van der Waals surface area contributed by atoms with Crippen LogP contribution >= 0.6 is 0 Å². The molecule has 0 amide bonds. The molecule has 0 heterocycles. The summed E-state index contributed by atoms with van der Waals surface area (Å²) in [5.74, 6) is 1.42. The molecule has 0 spiro atoms. The van der Waals surface area contributed by atoms with Gasteiger partial charge in [-0.15, -0.1) is 0 Å². The zero-order valence-corrected chi connectivity index (χ0v) is 22.1. The summed E-state index contributed by atoms with van der Waals surface area (Å²) in [7, 11) is -1.50. The Bertz CT molecular complexity index is 942. The molecular formula is C31H40O2Si. The average Bonchev–Trinajstić information content (AvgIpc) is 3.15. The van der Waals surface area contributed by atoms with Crippen LogP contribution in [0.25, 0.3) is 0 Å². The number of hydrogen-bond donors (Lipinski definition) is 0. The Balaban J connectivity index is 1.43. The first kappa shape index (κ1) is 24.9. The van der Waals surface area contributed by atoms with Gasteiger partial charge in [0, 0.05) is 5.41 Å². The third kappa shape index (κ3) is 6.68. The average molecular weight is 473 g/mol. The van der Waals surface area contributed by atoms with Gasteiger partial charge in [-0.1, -0.05) is 122 Å². The summed E-state index contributed by atoms with van der Waals surface area (Å²) >= 11 is 0. The first-order valence-corrected chi connectivity index (χ1v) is 16.0. The molecule has 2 atom stereocenters. The zero-order chi connectivity index (χ0) is 23.9. The molecule has 180 valence electrons. The highest BCUT2D eigenvalue weighted by atomic mass is 28.3. The van der Waals surface area contributed by atoms with Gasteiger partial charge in [0.05, 0.1) is 34.5 Å². The number of ether oxygens (including phenoxy) is 2. The fourth-order valence-corrected chi connectivity index (χ4v) is 9.01. The Hall–Kier alpha value is -2.20. The van der Waals surface area contributed by atoms with Crippen molar-refractivity contribution in [2.45, 2.75) is 52.1 Å². The minimum Gasteiger partial charge on any atom is -0.376 e. The first-order chi connectivity index (χ1) is 16.5. The van der Waals surface area contributed by atoms with Crippen LogP contribution in [0.5, 0.6) is 0 Å². The fourth-order valence-electron chi connectivity index (χ4n) is 5.82. The topological polar surface area (TPSA) is 18.5 Å². The number of rotatable bonds is 11. The minimum absolute atomic E-state index is 0.0921. The summed E-state index contributed by atoms with van der Waals surface area (Å²) in [6.07, 6.45) is 2.38. The summed E-state index contributed by atoms with van der Waals surface area (Å²) in [5.41, 5.74) is 2.57. The van der Waals surface area contributed by atoms with E-state index < -0.39 is 8.07 Å². The Labute approximate surface area is 207 Å². The van der Waals surface area contributed by atoms with E-state index in [1.807, 2.05) is 0 Å². The third-order valence-corrected chi connectivity index (χ3v) is 11.1. The van der Waals surface area contributed by atoms with Crippen molar-refractivity contribution in [3.05, 3.63) is 102 Å². The highest BCUT2D eigenvalue weighted by molar-refractivity contribution is 6.89. The Morgan fingerprint density at radius 1 is 0.706 bits per heavy atom. The van der Waals surface area contributed by atoms with Crippen molar-refractivity contribution in [1.29, 1.82) is 0 Å². The second kappa shape index (κ2) is 11.5. The predicted octanol–water partition coefficient (Wildman–Crippen LogP) is 7.07. The van der Waals surface area contributed by atoms with E-state index in [-0.39, 0.29) is 5.41 Å². The SMILES string of the molecule is C[C@@H]1CC(COCc2ccccc2)(COCc2ccccc2)C[C@H]1C[Si](C)(C)c1ccccc1. The second-order valence-corrected chi connectivity index (χ2v) is 15.8.